The molecule has 0 fully saturated rings. The molecule has 0 aromatic rings. The van der Waals surface area contributed by atoms with E-state index in [1.165, 1.54) is 0 Å². The van der Waals surface area contributed by atoms with E-state index in [0.717, 1.165) is 0 Å². The van der Waals surface area contributed by atoms with Crippen LogP contribution in [0.25, 0.3) is 0 Å². The zero-order chi connectivity index (χ0) is 18.8. The maximum Gasteiger partial charge on any atom is 0.144 e. The van der Waals surface area contributed by atoms with Crippen molar-refractivity contribution in [3.8, 4) is 0 Å². The van der Waals surface area contributed by atoms with Gasteiger partial charge in [-0.1, -0.05) is 0 Å². The number of methoxy groups -OCH3 is 6. The van der Waals surface area contributed by atoms with Crippen LogP contribution in [0.2, 0.25) is 0 Å². The Hall–Kier alpha value is 0.114. The van der Waals surface area contributed by atoms with Crippen molar-refractivity contribution in [3.05, 3.63) is 0 Å². The van der Waals surface area contributed by atoms with Gasteiger partial charge in [-0.3, -0.25) is 4.90 Å². The Labute approximate surface area is 152 Å². The zero-order valence-electron chi connectivity index (χ0n) is 16.5. The van der Waals surface area contributed by atoms with Crippen LogP contribution in [-0.2, 0) is 28.4 Å². The van der Waals surface area contributed by atoms with Gasteiger partial charge in [-0.15, -0.1) is 0 Å². The second-order valence-corrected chi connectivity index (χ2v) is 8.95. The van der Waals surface area contributed by atoms with Crippen LogP contribution in [0.15, 0.2) is 0 Å². The van der Waals surface area contributed by atoms with E-state index in [1.54, 1.807) is 42.7 Å². The van der Waals surface area contributed by atoms with Gasteiger partial charge in [0.05, 0.1) is 20.5 Å². The summed E-state index contributed by atoms with van der Waals surface area (Å²) in [6.07, 6.45) is 0.568. The van der Waals surface area contributed by atoms with Gasteiger partial charge in [-0.2, -0.15) is 0 Å². The summed E-state index contributed by atoms with van der Waals surface area (Å²) in [5.41, 5.74) is 4.55. The van der Waals surface area contributed by atoms with Gasteiger partial charge < -0.3 is 34.2 Å². The van der Waals surface area contributed by atoms with E-state index >= 15 is 0 Å². The number of hydrogen-bond acceptors (Lipinski definition) is 8. The van der Waals surface area contributed by atoms with Crippen LogP contribution in [0.1, 0.15) is 12.8 Å². The summed E-state index contributed by atoms with van der Waals surface area (Å²) in [5, 5.41) is 0. The van der Waals surface area contributed by atoms with Crippen molar-refractivity contribution < 1.29 is 28.4 Å². The van der Waals surface area contributed by atoms with Gasteiger partial charge in [0.2, 0.25) is 0 Å². The molecule has 10 heteroatoms. The van der Waals surface area contributed by atoms with Gasteiger partial charge in [0.15, 0.2) is 0 Å². The first-order chi connectivity index (χ1) is 11.3. The summed E-state index contributed by atoms with van der Waals surface area (Å²) >= 11 is 0. The molecule has 146 valence electrons. The average Bonchev–Trinajstić information content (AvgIpc) is 2.62. The van der Waals surface area contributed by atoms with E-state index in [-0.39, 0.29) is 12.5 Å². The second-order valence-electron chi connectivity index (χ2n) is 5.90. The molecule has 0 spiro atoms. The Morgan fingerprint density at radius 3 is 1.33 bits per heavy atom. The Balaban J connectivity index is 5.37. The van der Waals surface area contributed by atoms with Crippen molar-refractivity contribution in [1.29, 1.82) is 0 Å². The fourth-order valence-electron chi connectivity index (χ4n) is 2.43. The highest BCUT2D eigenvalue weighted by molar-refractivity contribution is 6.13. The quantitative estimate of drug-likeness (QED) is 0.262. The van der Waals surface area contributed by atoms with E-state index in [1.807, 2.05) is 0 Å². The Bertz CT molecular complexity index is 304. The highest BCUT2D eigenvalue weighted by atomic mass is 28.2. The molecule has 24 heavy (non-hydrogen) atoms. The van der Waals surface area contributed by atoms with Gasteiger partial charge in [0.1, 0.15) is 23.3 Å². The monoisotopic (exact) mass is 384 g/mol. The first-order valence-corrected chi connectivity index (χ1v) is 10.0. The smallest absolute Gasteiger partial charge is 0.144 e. The lowest BCUT2D eigenvalue weighted by molar-refractivity contribution is -0.222. The van der Waals surface area contributed by atoms with Gasteiger partial charge in [-0.25, -0.2) is 0 Å². The molecular formula is C14H36N2O6Si2. The van der Waals surface area contributed by atoms with E-state index in [0.29, 0.717) is 46.4 Å². The summed E-state index contributed by atoms with van der Waals surface area (Å²) in [6, 6.07) is 0. The topological polar surface area (TPSA) is 84.6 Å². The number of nitrogens with zero attached hydrogens (tertiary/aromatic N) is 1. The summed E-state index contributed by atoms with van der Waals surface area (Å²) in [7, 11) is 11.3. The van der Waals surface area contributed by atoms with E-state index in [9.17, 15) is 0 Å². The van der Waals surface area contributed by atoms with Gasteiger partial charge in [0.25, 0.3) is 0 Å². The molecule has 0 radical (unpaired) electrons. The highest BCUT2D eigenvalue weighted by Gasteiger charge is 2.37. The van der Waals surface area contributed by atoms with Crippen molar-refractivity contribution in [2.45, 2.75) is 36.1 Å². The fraction of sp³-hybridized carbons (Fsp3) is 1.00. The molecule has 2 atom stereocenters. The molecule has 2 unspecified atom stereocenters. The van der Waals surface area contributed by atoms with Gasteiger partial charge in [-0.05, 0) is 0 Å². The Morgan fingerprint density at radius 1 is 0.792 bits per heavy atom. The van der Waals surface area contributed by atoms with Crippen molar-refractivity contribution >= 4 is 20.5 Å². The lowest BCUT2D eigenvalue weighted by Crippen LogP contribution is -2.54. The second kappa shape index (κ2) is 11.7. The van der Waals surface area contributed by atoms with Crippen LogP contribution in [0, 0.1) is 0 Å². The van der Waals surface area contributed by atoms with Crippen molar-refractivity contribution in [2.24, 2.45) is 5.73 Å². The minimum atomic E-state index is -0.633. The average molecular weight is 385 g/mol. The molecule has 8 nitrogen and oxygen atoms in total. The third-order valence-corrected chi connectivity index (χ3v) is 6.94. The van der Waals surface area contributed by atoms with Gasteiger partial charge in [0, 0.05) is 68.6 Å². The number of hydrogen-bond donors (Lipinski definition) is 1. The third-order valence-electron chi connectivity index (χ3n) is 4.49. The van der Waals surface area contributed by atoms with Crippen LogP contribution in [-0.4, -0.2) is 104 Å². The number of nitrogens with two attached hydrogens (primary N) is 1. The minimum Gasteiger partial charge on any atom is -0.366 e. The first-order valence-electron chi connectivity index (χ1n) is 8.00. The SMILES string of the molecule is COC(CC([SiH3])(OC)OC)N(CCN)C(CC([SiH3])(OC)OC)OC. The van der Waals surface area contributed by atoms with Crippen molar-refractivity contribution in [3.63, 3.8) is 0 Å². The summed E-state index contributed by atoms with van der Waals surface area (Å²) in [4.78, 5) is 2.06. The summed E-state index contributed by atoms with van der Waals surface area (Å²) < 4.78 is 33.5. The summed E-state index contributed by atoms with van der Waals surface area (Å²) in [5.74, 6) is 0. The lowest BCUT2D eigenvalue weighted by atomic mass is 10.2. The largest absolute Gasteiger partial charge is 0.366 e. The maximum atomic E-state index is 5.81. The molecular weight excluding hydrogens is 348 g/mol. The number of ether oxygens (including phenoxy) is 6. The van der Waals surface area contributed by atoms with Crippen molar-refractivity contribution in [1.82, 2.24) is 4.90 Å². The molecule has 2 N–H and O–H groups in total. The number of rotatable bonds is 14. The van der Waals surface area contributed by atoms with Crippen LogP contribution in [0.4, 0.5) is 0 Å². The van der Waals surface area contributed by atoms with Crippen molar-refractivity contribution in [2.75, 3.05) is 55.7 Å². The minimum absolute atomic E-state index is 0.268. The molecule has 0 amide bonds. The maximum absolute atomic E-state index is 5.81. The first kappa shape index (κ1) is 24.1. The predicted octanol–water partition coefficient (Wildman–Crippen LogP) is -2.40. The lowest BCUT2D eigenvalue weighted by Gasteiger charge is -2.42. The molecule has 0 aliphatic rings. The van der Waals surface area contributed by atoms with Crippen LogP contribution in [0.3, 0.4) is 0 Å². The van der Waals surface area contributed by atoms with Crippen LogP contribution < -0.4 is 5.73 Å². The highest BCUT2D eigenvalue weighted by Crippen LogP contribution is 2.25. The van der Waals surface area contributed by atoms with E-state index in [2.05, 4.69) is 4.90 Å². The standard InChI is InChI=1S/C14H36N2O6Si2/c1-17-11(9-13(23,19-3)20-4)16(8-7-15)12(18-2)10-14(24,21-5)22-6/h11-12H,7-10,15H2,1-6,23-24H3. The Morgan fingerprint density at radius 2 is 1.12 bits per heavy atom. The predicted molar refractivity (Wildman–Crippen MR) is 100.0 cm³/mol. The molecule has 0 aromatic heterocycles. The molecule has 0 aromatic carbocycles. The molecule has 0 saturated carbocycles. The van der Waals surface area contributed by atoms with Crippen LogP contribution >= 0.6 is 0 Å². The molecule has 0 rings (SSSR count). The summed E-state index contributed by atoms with van der Waals surface area (Å²) in [6.45, 7) is 1.08. The Kier molecular flexibility index (Phi) is 11.7. The third kappa shape index (κ3) is 7.16. The fourth-order valence-corrected chi connectivity index (χ4v) is 3.13. The molecule has 0 aliphatic heterocycles. The van der Waals surface area contributed by atoms with Crippen LogP contribution in [0.5, 0.6) is 0 Å². The molecule has 0 heterocycles. The van der Waals surface area contributed by atoms with Gasteiger partial charge >= 0.3 is 0 Å². The zero-order valence-corrected chi connectivity index (χ0v) is 20.5. The molecule has 0 saturated heterocycles. The normalized spacial score (nSPS) is 16.0. The molecule has 0 aliphatic carbocycles. The molecule has 0 bridgehead atoms. The van der Waals surface area contributed by atoms with E-state index in [4.69, 9.17) is 34.2 Å². The van der Waals surface area contributed by atoms with E-state index < -0.39 is 10.8 Å².